The molecular formula is C11H11ClN2S2. The normalized spacial score (nSPS) is 20.7. The Bertz CT molecular complexity index is 581. The molecule has 84 valence electrons. The fourth-order valence-corrected chi connectivity index (χ4v) is 4.02. The maximum Gasteiger partial charge on any atom is 0.178 e. The first-order valence-electron chi connectivity index (χ1n) is 5.24. The summed E-state index contributed by atoms with van der Waals surface area (Å²) in [6.45, 7) is 0. The highest BCUT2D eigenvalue weighted by molar-refractivity contribution is 7.99. The number of nitrogens with zero attached hydrogens (tertiary/aromatic N) is 1. The average molecular weight is 271 g/mol. The molecule has 1 N–H and O–H groups in total. The Balaban J connectivity index is 2.29. The van der Waals surface area contributed by atoms with E-state index in [4.69, 9.17) is 23.8 Å². The van der Waals surface area contributed by atoms with E-state index in [0.717, 1.165) is 26.6 Å². The highest BCUT2D eigenvalue weighted by Gasteiger charge is 2.21. The minimum atomic E-state index is 0.492. The van der Waals surface area contributed by atoms with Crippen molar-refractivity contribution in [2.75, 3.05) is 11.5 Å². The maximum atomic E-state index is 6.26. The van der Waals surface area contributed by atoms with Crippen molar-refractivity contribution < 1.29 is 0 Å². The molecule has 0 amide bonds. The standard InChI is InChI=1S/C11H11ClN2S2/c12-8-2-1-3-9-10(8)14(11(15)13-9)7-4-5-16-6-7/h1-3,7H,4-6H2,(H,13,15). The highest BCUT2D eigenvalue weighted by atomic mass is 35.5. The summed E-state index contributed by atoms with van der Waals surface area (Å²) in [5.74, 6) is 2.34. The van der Waals surface area contributed by atoms with Crippen molar-refractivity contribution in [3.8, 4) is 0 Å². The Morgan fingerprint density at radius 2 is 2.38 bits per heavy atom. The number of hydrogen-bond donors (Lipinski definition) is 1. The van der Waals surface area contributed by atoms with E-state index in [1.165, 1.54) is 12.2 Å². The van der Waals surface area contributed by atoms with E-state index in [1.54, 1.807) is 0 Å². The van der Waals surface area contributed by atoms with Crippen LogP contribution in [0.5, 0.6) is 0 Å². The van der Waals surface area contributed by atoms with Gasteiger partial charge in [-0.3, -0.25) is 0 Å². The summed E-state index contributed by atoms with van der Waals surface area (Å²) in [6.07, 6.45) is 1.18. The third-order valence-electron chi connectivity index (χ3n) is 2.96. The Kier molecular flexibility index (Phi) is 2.73. The molecule has 0 aliphatic carbocycles. The van der Waals surface area contributed by atoms with Gasteiger partial charge in [0.25, 0.3) is 0 Å². The largest absolute Gasteiger partial charge is 0.331 e. The highest BCUT2D eigenvalue weighted by Crippen LogP contribution is 2.33. The van der Waals surface area contributed by atoms with Crippen LogP contribution in [0.2, 0.25) is 5.02 Å². The summed E-state index contributed by atoms with van der Waals surface area (Å²) in [6, 6.07) is 6.39. The topological polar surface area (TPSA) is 20.7 Å². The predicted octanol–water partition coefficient (Wildman–Crippen LogP) is 4.03. The van der Waals surface area contributed by atoms with Crippen molar-refractivity contribution in [2.45, 2.75) is 12.5 Å². The number of aromatic nitrogens is 2. The molecule has 2 nitrogen and oxygen atoms in total. The third kappa shape index (κ3) is 1.60. The molecule has 0 bridgehead atoms. The van der Waals surface area contributed by atoms with Gasteiger partial charge in [0.05, 0.1) is 16.1 Å². The van der Waals surface area contributed by atoms with Gasteiger partial charge in [-0.1, -0.05) is 17.7 Å². The summed E-state index contributed by atoms with van der Waals surface area (Å²) in [4.78, 5) is 3.23. The number of aromatic amines is 1. The third-order valence-corrected chi connectivity index (χ3v) is 4.71. The number of hydrogen-bond acceptors (Lipinski definition) is 2. The molecule has 16 heavy (non-hydrogen) atoms. The maximum absolute atomic E-state index is 6.26. The summed E-state index contributed by atoms with van der Waals surface area (Å²) in [7, 11) is 0. The zero-order chi connectivity index (χ0) is 11.1. The number of rotatable bonds is 1. The lowest BCUT2D eigenvalue weighted by molar-refractivity contribution is 0.569. The molecule has 1 fully saturated rings. The summed E-state index contributed by atoms with van der Waals surface area (Å²) in [5.41, 5.74) is 2.09. The first-order valence-corrected chi connectivity index (χ1v) is 7.18. The van der Waals surface area contributed by atoms with Gasteiger partial charge in [0, 0.05) is 11.8 Å². The van der Waals surface area contributed by atoms with Crippen molar-refractivity contribution in [2.24, 2.45) is 0 Å². The molecule has 1 aliphatic rings. The lowest BCUT2D eigenvalue weighted by Gasteiger charge is -2.12. The zero-order valence-corrected chi connectivity index (χ0v) is 11.0. The van der Waals surface area contributed by atoms with E-state index in [9.17, 15) is 0 Å². The van der Waals surface area contributed by atoms with E-state index in [2.05, 4.69) is 9.55 Å². The Hall–Kier alpha value is -0.450. The molecule has 2 aromatic rings. The molecule has 2 heterocycles. The number of nitrogens with one attached hydrogen (secondary N) is 1. The molecule has 1 unspecified atom stereocenters. The summed E-state index contributed by atoms with van der Waals surface area (Å²) >= 11 is 13.6. The Morgan fingerprint density at radius 3 is 3.12 bits per heavy atom. The molecule has 0 saturated carbocycles. The van der Waals surface area contributed by atoms with Gasteiger partial charge in [0.1, 0.15) is 0 Å². The number of benzene rings is 1. The number of fused-ring (bicyclic) bond motifs is 1. The van der Waals surface area contributed by atoms with Crippen molar-refractivity contribution in [1.82, 2.24) is 9.55 Å². The van der Waals surface area contributed by atoms with Crippen LogP contribution in [0.15, 0.2) is 18.2 Å². The van der Waals surface area contributed by atoms with Crippen molar-refractivity contribution >= 4 is 46.6 Å². The van der Waals surface area contributed by atoms with Gasteiger partial charge in [0.2, 0.25) is 0 Å². The second-order valence-electron chi connectivity index (χ2n) is 3.95. The van der Waals surface area contributed by atoms with Crippen molar-refractivity contribution in [3.63, 3.8) is 0 Å². The van der Waals surface area contributed by atoms with Crippen LogP contribution >= 0.6 is 35.6 Å². The molecule has 1 aliphatic heterocycles. The molecule has 0 spiro atoms. The van der Waals surface area contributed by atoms with Crippen LogP contribution in [0.4, 0.5) is 0 Å². The van der Waals surface area contributed by atoms with Gasteiger partial charge in [-0.15, -0.1) is 0 Å². The fourth-order valence-electron chi connectivity index (χ4n) is 2.21. The molecule has 1 atom stereocenters. The summed E-state index contributed by atoms with van der Waals surface area (Å²) in [5, 5.41) is 0.779. The van der Waals surface area contributed by atoms with Crippen LogP contribution < -0.4 is 0 Å². The molecule has 1 aromatic heterocycles. The minimum Gasteiger partial charge on any atom is -0.331 e. The van der Waals surface area contributed by atoms with Gasteiger partial charge in [-0.2, -0.15) is 11.8 Å². The molecule has 3 rings (SSSR count). The zero-order valence-electron chi connectivity index (χ0n) is 8.57. The van der Waals surface area contributed by atoms with E-state index in [0.29, 0.717) is 6.04 Å². The fraction of sp³-hybridized carbons (Fsp3) is 0.364. The van der Waals surface area contributed by atoms with Gasteiger partial charge >= 0.3 is 0 Å². The number of halogens is 1. The summed E-state index contributed by atoms with van der Waals surface area (Å²) < 4.78 is 2.98. The van der Waals surface area contributed by atoms with E-state index in [-0.39, 0.29) is 0 Å². The van der Waals surface area contributed by atoms with Crippen LogP contribution in [0.25, 0.3) is 11.0 Å². The smallest absolute Gasteiger partial charge is 0.178 e. The second kappa shape index (κ2) is 4.09. The molecular weight excluding hydrogens is 260 g/mol. The first kappa shape index (κ1) is 10.7. The number of H-pyrrole nitrogens is 1. The monoisotopic (exact) mass is 270 g/mol. The van der Waals surface area contributed by atoms with E-state index < -0.39 is 0 Å². The van der Waals surface area contributed by atoms with Gasteiger partial charge in [-0.25, -0.2) is 0 Å². The Labute approximate surface area is 108 Å². The molecule has 1 saturated heterocycles. The number of thioether (sulfide) groups is 1. The van der Waals surface area contributed by atoms with Crippen LogP contribution in [0, 0.1) is 4.77 Å². The second-order valence-corrected chi connectivity index (χ2v) is 5.90. The van der Waals surface area contributed by atoms with E-state index >= 15 is 0 Å². The van der Waals surface area contributed by atoms with Gasteiger partial charge in [-0.05, 0) is 36.5 Å². The minimum absolute atomic E-state index is 0.492. The number of para-hydroxylation sites is 1. The number of imidazole rings is 1. The molecule has 5 heteroatoms. The lowest BCUT2D eigenvalue weighted by atomic mass is 10.2. The predicted molar refractivity (Wildman–Crippen MR) is 73.1 cm³/mol. The van der Waals surface area contributed by atoms with Gasteiger partial charge in [0.15, 0.2) is 4.77 Å². The van der Waals surface area contributed by atoms with E-state index in [1.807, 2.05) is 30.0 Å². The van der Waals surface area contributed by atoms with Crippen LogP contribution in [-0.4, -0.2) is 21.1 Å². The average Bonchev–Trinajstić information content (AvgIpc) is 2.84. The quantitative estimate of drug-likeness (QED) is 0.790. The van der Waals surface area contributed by atoms with Crippen LogP contribution in [-0.2, 0) is 0 Å². The lowest BCUT2D eigenvalue weighted by Crippen LogP contribution is -2.07. The molecule has 0 radical (unpaired) electrons. The van der Waals surface area contributed by atoms with Crippen molar-refractivity contribution in [3.05, 3.63) is 28.0 Å². The van der Waals surface area contributed by atoms with Gasteiger partial charge < -0.3 is 9.55 Å². The van der Waals surface area contributed by atoms with Crippen molar-refractivity contribution in [1.29, 1.82) is 0 Å². The molecule has 1 aromatic carbocycles. The SMILES string of the molecule is S=c1[nH]c2cccc(Cl)c2n1C1CCSC1. The van der Waals surface area contributed by atoms with Crippen LogP contribution in [0.3, 0.4) is 0 Å². The van der Waals surface area contributed by atoms with Crippen LogP contribution in [0.1, 0.15) is 12.5 Å². The Morgan fingerprint density at radius 1 is 1.50 bits per heavy atom. The first-order chi connectivity index (χ1) is 7.77.